The van der Waals surface area contributed by atoms with Gasteiger partial charge in [0.1, 0.15) is 5.82 Å². The van der Waals surface area contributed by atoms with Gasteiger partial charge in [-0.2, -0.15) is 0 Å². The molecule has 3 rings (SSSR count). The minimum absolute atomic E-state index is 0. The first kappa shape index (κ1) is 25.2. The van der Waals surface area contributed by atoms with E-state index in [9.17, 15) is 0 Å². The first-order valence-corrected chi connectivity index (χ1v) is 11.6. The normalized spacial score (nSPS) is 19.4. The van der Waals surface area contributed by atoms with Crippen molar-refractivity contribution in [3.8, 4) is 0 Å². The molecular formula is C23H41IN6. The predicted octanol–water partition coefficient (Wildman–Crippen LogP) is 3.65. The zero-order valence-corrected chi connectivity index (χ0v) is 21.4. The molecule has 30 heavy (non-hydrogen) atoms. The van der Waals surface area contributed by atoms with Crippen molar-refractivity contribution in [3.63, 3.8) is 0 Å². The lowest BCUT2D eigenvalue weighted by molar-refractivity contribution is 0.188. The van der Waals surface area contributed by atoms with Gasteiger partial charge in [-0.3, -0.25) is 4.99 Å². The standard InChI is InChI=1S/C23H40N6.HI/c1-4-24-23(25-13-8-20-9-14-28(5-2)15-10-20)27-21-11-16-29(17-12-21)22-7-6-19(3)18-26-22;/h6-7,18,20-21H,4-5,8-17H2,1-3H3,(H2,24,25,27);1H. The highest BCUT2D eigenvalue weighted by molar-refractivity contribution is 14.0. The van der Waals surface area contributed by atoms with Crippen LogP contribution in [0.4, 0.5) is 5.82 Å². The van der Waals surface area contributed by atoms with E-state index in [-0.39, 0.29) is 24.0 Å². The number of pyridine rings is 1. The van der Waals surface area contributed by atoms with Crippen LogP contribution in [0.2, 0.25) is 0 Å². The van der Waals surface area contributed by atoms with Crippen LogP contribution in [-0.2, 0) is 0 Å². The van der Waals surface area contributed by atoms with Crippen molar-refractivity contribution in [2.24, 2.45) is 10.9 Å². The van der Waals surface area contributed by atoms with Crippen LogP contribution in [0, 0.1) is 12.8 Å². The molecule has 0 radical (unpaired) electrons. The number of halogens is 1. The van der Waals surface area contributed by atoms with Crippen LogP contribution in [0.25, 0.3) is 0 Å². The Balaban J connectivity index is 0.00000320. The van der Waals surface area contributed by atoms with Crippen molar-refractivity contribution >= 4 is 35.8 Å². The number of rotatable bonds is 7. The van der Waals surface area contributed by atoms with E-state index in [1.54, 1.807) is 0 Å². The summed E-state index contributed by atoms with van der Waals surface area (Å²) in [5.74, 6) is 2.93. The van der Waals surface area contributed by atoms with Gasteiger partial charge in [0, 0.05) is 38.4 Å². The third-order valence-corrected chi connectivity index (χ3v) is 6.36. The Kier molecular flexibility index (Phi) is 11.2. The number of guanidine groups is 1. The van der Waals surface area contributed by atoms with Crippen LogP contribution < -0.4 is 15.5 Å². The molecule has 0 spiro atoms. The molecule has 7 heteroatoms. The van der Waals surface area contributed by atoms with Gasteiger partial charge in [-0.05, 0) is 83.1 Å². The van der Waals surface area contributed by atoms with Crippen molar-refractivity contribution in [2.45, 2.75) is 58.9 Å². The summed E-state index contributed by atoms with van der Waals surface area (Å²) in [6.07, 6.45) is 8.08. The number of nitrogens with zero attached hydrogens (tertiary/aromatic N) is 4. The largest absolute Gasteiger partial charge is 0.357 e. The zero-order chi connectivity index (χ0) is 20.5. The van der Waals surface area contributed by atoms with E-state index >= 15 is 0 Å². The molecular weight excluding hydrogens is 487 g/mol. The Morgan fingerprint density at radius 3 is 2.43 bits per heavy atom. The number of aryl methyl sites for hydroxylation is 1. The van der Waals surface area contributed by atoms with E-state index in [4.69, 9.17) is 4.99 Å². The molecule has 0 aromatic carbocycles. The van der Waals surface area contributed by atoms with Crippen molar-refractivity contribution in [2.75, 3.05) is 50.7 Å². The summed E-state index contributed by atoms with van der Waals surface area (Å²) in [7, 11) is 0. The summed E-state index contributed by atoms with van der Waals surface area (Å²) in [4.78, 5) is 14.4. The number of likely N-dealkylation sites (tertiary alicyclic amines) is 1. The molecule has 0 unspecified atom stereocenters. The molecule has 170 valence electrons. The van der Waals surface area contributed by atoms with Gasteiger partial charge in [-0.25, -0.2) is 4.98 Å². The lowest BCUT2D eigenvalue weighted by atomic mass is 9.94. The van der Waals surface area contributed by atoms with Crippen molar-refractivity contribution in [3.05, 3.63) is 23.9 Å². The zero-order valence-electron chi connectivity index (χ0n) is 19.1. The van der Waals surface area contributed by atoms with Gasteiger partial charge in [-0.15, -0.1) is 24.0 Å². The molecule has 3 heterocycles. The van der Waals surface area contributed by atoms with Crippen LogP contribution in [0.15, 0.2) is 23.3 Å². The molecule has 0 aliphatic carbocycles. The Bertz CT molecular complexity index is 619. The quantitative estimate of drug-likeness (QED) is 0.322. The molecule has 0 amide bonds. The summed E-state index contributed by atoms with van der Waals surface area (Å²) < 4.78 is 0. The Labute approximate surface area is 200 Å². The first-order chi connectivity index (χ1) is 14.2. The predicted molar refractivity (Wildman–Crippen MR) is 138 cm³/mol. The molecule has 2 aliphatic rings. The summed E-state index contributed by atoms with van der Waals surface area (Å²) in [5, 5.41) is 7.11. The van der Waals surface area contributed by atoms with Gasteiger partial charge < -0.3 is 20.4 Å². The fraction of sp³-hybridized carbons (Fsp3) is 0.739. The second-order valence-electron chi connectivity index (χ2n) is 8.53. The van der Waals surface area contributed by atoms with Gasteiger partial charge in [0.2, 0.25) is 0 Å². The van der Waals surface area contributed by atoms with E-state index in [0.717, 1.165) is 56.7 Å². The summed E-state index contributed by atoms with van der Waals surface area (Å²) >= 11 is 0. The molecule has 2 N–H and O–H groups in total. The van der Waals surface area contributed by atoms with E-state index < -0.39 is 0 Å². The van der Waals surface area contributed by atoms with Crippen LogP contribution >= 0.6 is 24.0 Å². The Morgan fingerprint density at radius 1 is 1.10 bits per heavy atom. The maximum absolute atomic E-state index is 4.88. The Hall–Kier alpha value is -1.09. The maximum atomic E-state index is 4.88. The molecule has 1 aromatic heterocycles. The topological polar surface area (TPSA) is 55.8 Å². The second kappa shape index (κ2) is 13.3. The van der Waals surface area contributed by atoms with Crippen LogP contribution in [0.3, 0.4) is 0 Å². The number of hydrogen-bond donors (Lipinski definition) is 2. The first-order valence-electron chi connectivity index (χ1n) is 11.6. The highest BCUT2D eigenvalue weighted by Crippen LogP contribution is 2.20. The van der Waals surface area contributed by atoms with E-state index in [1.165, 1.54) is 44.5 Å². The maximum Gasteiger partial charge on any atom is 0.191 e. The van der Waals surface area contributed by atoms with Gasteiger partial charge in [0.15, 0.2) is 5.96 Å². The number of hydrogen-bond acceptors (Lipinski definition) is 4. The molecule has 2 aliphatic heterocycles. The summed E-state index contributed by atoms with van der Waals surface area (Å²) in [5.41, 5.74) is 1.22. The minimum Gasteiger partial charge on any atom is -0.357 e. The van der Waals surface area contributed by atoms with Crippen molar-refractivity contribution in [1.82, 2.24) is 20.5 Å². The number of piperidine rings is 2. The number of aromatic nitrogens is 1. The number of aliphatic imine (C=N–C) groups is 1. The molecule has 0 atom stereocenters. The van der Waals surface area contributed by atoms with E-state index in [1.807, 2.05) is 6.20 Å². The van der Waals surface area contributed by atoms with Gasteiger partial charge in [-0.1, -0.05) is 13.0 Å². The lowest BCUT2D eigenvalue weighted by Gasteiger charge is -2.34. The van der Waals surface area contributed by atoms with Crippen molar-refractivity contribution < 1.29 is 0 Å². The Morgan fingerprint density at radius 2 is 1.83 bits per heavy atom. The molecule has 6 nitrogen and oxygen atoms in total. The smallest absolute Gasteiger partial charge is 0.191 e. The van der Waals surface area contributed by atoms with Gasteiger partial charge >= 0.3 is 0 Å². The lowest BCUT2D eigenvalue weighted by Crippen LogP contribution is -2.49. The monoisotopic (exact) mass is 528 g/mol. The highest BCUT2D eigenvalue weighted by Gasteiger charge is 2.21. The SMILES string of the molecule is CCNC(=NCCC1CCN(CC)CC1)NC1CCN(c2ccc(C)cn2)CC1.I. The molecule has 0 saturated carbocycles. The second-order valence-corrected chi connectivity index (χ2v) is 8.53. The van der Waals surface area contributed by atoms with Gasteiger partial charge in [0.25, 0.3) is 0 Å². The average Bonchev–Trinajstić information content (AvgIpc) is 2.75. The van der Waals surface area contributed by atoms with E-state index in [0.29, 0.717) is 6.04 Å². The van der Waals surface area contributed by atoms with Gasteiger partial charge in [0.05, 0.1) is 0 Å². The fourth-order valence-corrected chi connectivity index (χ4v) is 4.36. The molecule has 2 fully saturated rings. The van der Waals surface area contributed by atoms with Crippen LogP contribution in [-0.4, -0.2) is 67.7 Å². The molecule has 2 saturated heterocycles. The summed E-state index contributed by atoms with van der Waals surface area (Å²) in [6, 6.07) is 4.77. The summed E-state index contributed by atoms with van der Waals surface area (Å²) in [6.45, 7) is 14.1. The number of nitrogens with one attached hydrogen (secondary N) is 2. The third kappa shape index (κ3) is 7.87. The van der Waals surface area contributed by atoms with Crippen LogP contribution in [0.5, 0.6) is 0 Å². The minimum atomic E-state index is 0. The van der Waals surface area contributed by atoms with Crippen LogP contribution in [0.1, 0.15) is 51.5 Å². The fourth-order valence-electron chi connectivity index (χ4n) is 4.36. The van der Waals surface area contributed by atoms with E-state index in [2.05, 4.69) is 58.3 Å². The molecule has 1 aromatic rings. The number of anilines is 1. The third-order valence-electron chi connectivity index (χ3n) is 6.36. The molecule has 0 bridgehead atoms. The highest BCUT2D eigenvalue weighted by atomic mass is 127. The average molecular weight is 529 g/mol. The van der Waals surface area contributed by atoms with Crippen molar-refractivity contribution in [1.29, 1.82) is 0 Å².